The van der Waals surface area contributed by atoms with E-state index in [9.17, 15) is 0 Å². The average molecular weight is 276 g/mol. The van der Waals surface area contributed by atoms with E-state index in [0.717, 1.165) is 0 Å². The van der Waals surface area contributed by atoms with Gasteiger partial charge in [0.15, 0.2) is 0 Å². The van der Waals surface area contributed by atoms with Gasteiger partial charge in [-0.3, -0.25) is 0 Å². The van der Waals surface area contributed by atoms with Crippen LogP contribution in [-0.4, -0.2) is 0 Å². The van der Waals surface area contributed by atoms with Crippen LogP contribution in [0.3, 0.4) is 0 Å². The molecule has 98 valence electrons. The highest BCUT2D eigenvalue weighted by atomic mass is 32.1. The predicted octanol–water partition coefficient (Wildman–Crippen LogP) is 6.33. The van der Waals surface area contributed by atoms with Crippen molar-refractivity contribution < 1.29 is 0 Å². The molecule has 3 aromatic carbocycles. The smallest absolute Gasteiger partial charge is 0.0433 e. The molecule has 0 aliphatic heterocycles. The molecule has 0 atom stereocenters. The zero-order valence-corrected chi connectivity index (χ0v) is 12.5. The van der Waals surface area contributed by atoms with Crippen molar-refractivity contribution in [2.75, 3.05) is 0 Å². The molecule has 0 aliphatic carbocycles. The summed E-state index contributed by atoms with van der Waals surface area (Å²) in [7, 11) is 0. The molecule has 0 amide bonds. The molecule has 0 bridgehead atoms. The molecule has 0 nitrogen and oxygen atoms in total. The Morgan fingerprint density at radius 3 is 2.50 bits per heavy atom. The van der Waals surface area contributed by atoms with E-state index in [4.69, 9.17) is 0 Å². The van der Waals surface area contributed by atoms with Crippen LogP contribution in [0.5, 0.6) is 0 Å². The molecule has 4 aromatic rings. The molecule has 0 radical (unpaired) electrons. The maximum atomic E-state index is 2.37. The largest absolute Gasteiger partial charge is 0.135 e. The van der Waals surface area contributed by atoms with E-state index in [1.54, 1.807) is 0 Å². The highest BCUT2D eigenvalue weighted by molar-refractivity contribution is 7.26. The van der Waals surface area contributed by atoms with Crippen LogP contribution in [0.4, 0.5) is 0 Å². The molecule has 1 heterocycles. The van der Waals surface area contributed by atoms with E-state index in [-0.39, 0.29) is 0 Å². The van der Waals surface area contributed by atoms with E-state index >= 15 is 0 Å². The summed E-state index contributed by atoms with van der Waals surface area (Å²) in [5.74, 6) is 0.579. The van der Waals surface area contributed by atoms with Crippen LogP contribution in [-0.2, 0) is 0 Å². The van der Waals surface area contributed by atoms with Crippen LogP contribution < -0.4 is 0 Å². The van der Waals surface area contributed by atoms with Crippen LogP contribution in [0.25, 0.3) is 30.9 Å². The van der Waals surface area contributed by atoms with Gasteiger partial charge in [-0.2, -0.15) is 0 Å². The minimum Gasteiger partial charge on any atom is -0.135 e. The quantitative estimate of drug-likeness (QED) is 0.381. The lowest BCUT2D eigenvalue weighted by atomic mass is 10.00. The first kappa shape index (κ1) is 11.9. The molecule has 20 heavy (non-hydrogen) atoms. The van der Waals surface area contributed by atoms with Crippen molar-refractivity contribution in [2.24, 2.45) is 0 Å². The minimum atomic E-state index is 0.579. The number of fused-ring (bicyclic) bond motifs is 5. The topological polar surface area (TPSA) is 0 Å². The number of benzene rings is 3. The van der Waals surface area contributed by atoms with Crippen molar-refractivity contribution in [1.29, 1.82) is 0 Å². The second-order valence-corrected chi connectivity index (χ2v) is 6.73. The Kier molecular flexibility index (Phi) is 2.58. The molecule has 0 aliphatic rings. The van der Waals surface area contributed by atoms with Crippen molar-refractivity contribution in [2.45, 2.75) is 19.8 Å². The molecule has 0 saturated carbocycles. The summed E-state index contributed by atoms with van der Waals surface area (Å²) in [5, 5.41) is 5.50. The van der Waals surface area contributed by atoms with E-state index in [1.165, 1.54) is 36.5 Å². The van der Waals surface area contributed by atoms with Crippen molar-refractivity contribution >= 4 is 42.3 Å². The maximum absolute atomic E-state index is 2.37. The lowest BCUT2D eigenvalue weighted by Crippen LogP contribution is -1.85. The Labute approximate surface area is 122 Å². The van der Waals surface area contributed by atoms with Crippen LogP contribution in [0.15, 0.2) is 54.6 Å². The van der Waals surface area contributed by atoms with Gasteiger partial charge in [-0.25, -0.2) is 0 Å². The summed E-state index contributed by atoms with van der Waals surface area (Å²) in [4.78, 5) is 0. The summed E-state index contributed by atoms with van der Waals surface area (Å²) in [6, 6.07) is 20.1. The fourth-order valence-corrected chi connectivity index (χ4v) is 4.10. The second-order valence-electron chi connectivity index (χ2n) is 5.68. The standard InChI is InChI=1S/C19H16S/c1-12(2)14-8-10-18-17(11-14)16-9-7-13-5-3-4-6-15(13)19(16)20-18/h3-12H,1-2H3. The molecular weight excluding hydrogens is 260 g/mol. The zero-order chi connectivity index (χ0) is 13.7. The highest BCUT2D eigenvalue weighted by Gasteiger charge is 2.09. The van der Waals surface area contributed by atoms with Crippen molar-refractivity contribution in [3.8, 4) is 0 Å². The Morgan fingerprint density at radius 2 is 1.65 bits per heavy atom. The van der Waals surface area contributed by atoms with Gasteiger partial charge in [-0.05, 0) is 34.4 Å². The first-order valence-electron chi connectivity index (χ1n) is 7.08. The Bertz CT molecular complexity index is 928. The minimum absolute atomic E-state index is 0.579. The molecule has 0 unspecified atom stereocenters. The van der Waals surface area contributed by atoms with Crippen LogP contribution >= 0.6 is 11.3 Å². The molecule has 1 aromatic heterocycles. The van der Waals surface area contributed by atoms with Gasteiger partial charge >= 0.3 is 0 Å². The van der Waals surface area contributed by atoms with Gasteiger partial charge in [0.1, 0.15) is 0 Å². The monoisotopic (exact) mass is 276 g/mol. The molecule has 0 spiro atoms. The van der Waals surface area contributed by atoms with E-state index < -0.39 is 0 Å². The summed E-state index contributed by atoms with van der Waals surface area (Å²) < 4.78 is 2.81. The third-order valence-electron chi connectivity index (χ3n) is 4.05. The van der Waals surface area contributed by atoms with E-state index in [2.05, 4.69) is 68.4 Å². The van der Waals surface area contributed by atoms with Crippen molar-refractivity contribution in [3.63, 3.8) is 0 Å². The number of thiophene rings is 1. The Morgan fingerprint density at radius 1 is 0.800 bits per heavy atom. The van der Waals surface area contributed by atoms with E-state index in [1.807, 2.05) is 11.3 Å². The third-order valence-corrected chi connectivity index (χ3v) is 5.27. The Balaban J connectivity index is 2.16. The lowest BCUT2D eigenvalue weighted by Gasteiger charge is -2.04. The van der Waals surface area contributed by atoms with Crippen LogP contribution in [0.2, 0.25) is 0 Å². The first-order chi connectivity index (χ1) is 9.74. The third kappa shape index (κ3) is 1.66. The highest BCUT2D eigenvalue weighted by Crippen LogP contribution is 2.39. The lowest BCUT2D eigenvalue weighted by molar-refractivity contribution is 0.869. The SMILES string of the molecule is CC(C)c1ccc2sc3c4ccccc4ccc3c2c1. The molecule has 4 rings (SSSR count). The molecule has 1 heteroatoms. The van der Waals surface area contributed by atoms with Crippen LogP contribution in [0, 0.1) is 0 Å². The first-order valence-corrected chi connectivity index (χ1v) is 7.89. The van der Waals surface area contributed by atoms with Gasteiger partial charge in [0, 0.05) is 20.2 Å². The average Bonchev–Trinajstić information content (AvgIpc) is 2.85. The summed E-state index contributed by atoms with van der Waals surface area (Å²) >= 11 is 1.91. The van der Waals surface area contributed by atoms with Gasteiger partial charge in [0.25, 0.3) is 0 Å². The molecule has 0 saturated heterocycles. The second kappa shape index (κ2) is 4.32. The number of hydrogen-bond acceptors (Lipinski definition) is 1. The molecular formula is C19H16S. The normalized spacial score (nSPS) is 11.9. The van der Waals surface area contributed by atoms with Gasteiger partial charge < -0.3 is 0 Å². The van der Waals surface area contributed by atoms with Crippen molar-refractivity contribution in [3.05, 3.63) is 60.2 Å². The number of rotatable bonds is 1. The van der Waals surface area contributed by atoms with Gasteiger partial charge in [-0.15, -0.1) is 11.3 Å². The fraction of sp³-hybridized carbons (Fsp3) is 0.158. The van der Waals surface area contributed by atoms with E-state index in [0.29, 0.717) is 5.92 Å². The summed E-state index contributed by atoms with van der Waals surface area (Å²) in [6.45, 7) is 4.51. The van der Waals surface area contributed by atoms with Crippen LogP contribution in [0.1, 0.15) is 25.3 Å². The summed E-state index contributed by atoms with van der Waals surface area (Å²) in [5.41, 5.74) is 1.42. The van der Waals surface area contributed by atoms with Crippen molar-refractivity contribution in [1.82, 2.24) is 0 Å². The van der Waals surface area contributed by atoms with Gasteiger partial charge in [-0.1, -0.05) is 56.3 Å². The van der Waals surface area contributed by atoms with Gasteiger partial charge in [0.05, 0.1) is 0 Å². The predicted molar refractivity (Wildman–Crippen MR) is 90.9 cm³/mol. The maximum Gasteiger partial charge on any atom is 0.0433 e. The van der Waals surface area contributed by atoms with Gasteiger partial charge in [0.2, 0.25) is 0 Å². The summed E-state index contributed by atoms with van der Waals surface area (Å²) in [6.07, 6.45) is 0. The zero-order valence-electron chi connectivity index (χ0n) is 11.7. The molecule has 0 N–H and O–H groups in total. The fourth-order valence-electron chi connectivity index (χ4n) is 2.88. The Hall–Kier alpha value is -1.86. The molecule has 0 fully saturated rings. The number of hydrogen-bond donors (Lipinski definition) is 0.